The molecule has 1 atom stereocenters. The summed E-state index contributed by atoms with van der Waals surface area (Å²) in [6.45, 7) is 1.85. The van der Waals surface area contributed by atoms with Gasteiger partial charge in [0, 0.05) is 25.2 Å². The van der Waals surface area contributed by atoms with E-state index >= 15 is 0 Å². The molecule has 2 N–H and O–H groups in total. The summed E-state index contributed by atoms with van der Waals surface area (Å²) in [6, 6.07) is 1.24. The summed E-state index contributed by atoms with van der Waals surface area (Å²) >= 11 is 0. The summed E-state index contributed by atoms with van der Waals surface area (Å²) in [5.74, 6) is 0.597. The van der Waals surface area contributed by atoms with Crippen LogP contribution in [0.3, 0.4) is 0 Å². The number of piperidine rings is 1. The highest BCUT2D eigenvalue weighted by molar-refractivity contribution is 5.28. The van der Waals surface area contributed by atoms with E-state index in [1.165, 1.54) is 25.5 Å². The van der Waals surface area contributed by atoms with Gasteiger partial charge < -0.3 is 10.2 Å². The van der Waals surface area contributed by atoms with Crippen molar-refractivity contribution in [3.63, 3.8) is 0 Å². The van der Waals surface area contributed by atoms with Crippen LogP contribution in [0.1, 0.15) is 25.7 Å². The van der Waals surface area contributed by atoms with Crippen LogP contribution in [0.25, 0.3) is 0 Å². The molecule has 1 aliphatic heterocycles. The minimum atomic E-state index is -0.188. The van der Waals surface area contributed by atoms with Crippen LogP contribution in [-0.4, -0.2) is 40.4 Å². The van der Waals surface area contributed by atoms with Gasteiger partial charge in [0.05, 0.1) is 0 Å². The lowest BCUT2D eigenvalue weighted by molar-refractivity contribution is 0.416. The SMILES string of the molecule is O=c1cnnc(N2CCC[C@@H](NC3CC3)C2)[nH]1. The third-order valence-electron chi connectivity index (χ3n) is 3.33. The molecular formula is C11H17N5O. The summed E-state index contributed by atoms with van der Waals surface area (Å²) in [5.41, 5.74) is -0.188. The lowest BCUT2D eigenvalue weighted by atomic mass is 10.1. The summed E-state index contributed by atoms with van der Waals surface area (Å²) in [4.78, 5) is 16.0. The maximum atomic E-state index is 11.2. The highest BCUT2D eigenvalue weighted by atomic mass is 16.1. The van der Waals surface area contributed by atoms with E-state index in [0.717, 1.165) is 25.6 Å². The second-order valence-electron chi connectivity index (χ2n) is 4.88. The van der Waals surface area contributed by atoms with Crippen LogP contribution in [0.5, 0.6) is 0 Å². The summed E-state index contributed by atoms with van der Waals surface area (Å²) in [6.07, 6.45) is 6.14. The van der Waals surface area contributed by atoms with Crippen molar-refractivity contribution in [2.45, 2.75) is 37.8 Å². The van der Waals surface area contributed by atoms with Gasteiger partial charge in [-0.05, 0) is 25.7 Å². The Morgan fingerprint density at radius 1 is 1.35 bits per heavy atom. The highest BCUT2D eigenvalue weighted by Gasteiger charge is 2.28. The fourth-order valence-corrected chi connectivity index (χ4v) is 2.33. The Morgan fingerprint density at radius 3 is 3.00 bits per heavy atom. The lowest BCUT2D eigenvalue weighted by Crippen LogP contribution is -2.47. The molecule has 2 aliphatic rings. The molecule has 0 bridgehead atoms. The minimum Gasteiger partial charge on any atom is -0.339 e. The Kier molecular flexibility index (Phi) is 2.80. The normalized spacial score (nSPS) is 24.9. The molecule has 1 aromatic rings. The number of aromatic nitrogens is 3. The van der Waals surface area contributed by atoms with Crippen molar-refractivity contribution in [3.05, 3.63) is 16.6 Å². The van der Waals surface area contributed by atoms with Gasteiger partial charge in [0.15, 0.2) is 0 Å². The maximum absolute atomic E-state index is 11.2. The number of aromatic amines is 1. The Balaban J connectivity index is 1.67. The van der Waals surface area contributed by atoms with E-state index in [1.807, 2.05) is 0 Å². The van der Waals surface area contributed by atoms with Gasteiger partial charge in [0.25, 0.3) is 5.56 Å². The third kappa shape index (κ3) is 2.63. The average Bonchev–Trinajstić information content (AvgIpc) is 3.13. The smallest absolute Gasteiger partial charge is 0.271 e. The van der Waals surface area contributed by atoms with Gasteiger partial charge in [0.2, 0.25) is 5.95 Å². The van der Waals surface area contributed by atoms with Crippen LogP contribution in [0.15, 0.2) is 11.0 Å². The van der Waals surface area contributed by atoms with Gasteiger partial charge in [-0.15, -0.1) is 10.2 Å². The standard InChI is InChI=1S/C11H17N5O/c17-10-6-12-15-11(14-10)16-5-1-2-9(7-16)13-8-3-4-8/h6,8-9,13H,1-5,7H2,(H,14,15,17)/t9-/m1/s1. The second kappa shape index (κ2) is 4.44. The summed E-state index contributed by atoms with van der Waals surface area (Å²) < 4.78 is 0. The van der Waals surface area contributed by atoms with Crippen LogP contribution in [0, 0.1) is 0 Å². The van der Waals surface area contributed by atoms with E-state index in [1.54, 1.807) is 0 Å². The van der Waals surface area contributed by atoms with Gasteiger partial charge in [-0.1, -0.05) is 0 Å². The lowest BCUT2D eigenvalue weighted by Gasteiger charge is -2.33. The molecule has 1 saturated heterocycles. The van der Waals surface area contributed by atoms with Gasteiger partial charge in [-0.25, -0.2) is 0 Å². The second-order valence-corrected chi connectivity index (χ2v) is 4.88. The van der Waals surface area contributed by atoms with Crippen molar-refractivity contribution in [2.24, 2.45) is 0 Å². The van der Waals surface area contributed by atoms with E-state index in [2.05, 4.69) is 25.4 Å². The molecule has 2 fully saturated rings. The van der Waals surface area contributed by atoms with Crippen molar-refractivity contribution in [2.75, 3.05) is 18.0 Å². The van der Waals surface area contributed by atoms with E-state index in [0.29, 0.717) is 12.0 Å². The molecule has 6 nitrogen and oxygen atoms in total. The molecule has 0 amide bonds. The minimum absolute atomic E-state index is 0.188. The molecule has 1 aromatic heterocycles. The molecule has 2 heterocycles. The topological polar surface area (TPSA) is 73.9 Å². The molecule has 1 aliphatic carbocycles. The summed E-state index contributed by atoms with van der Waals surface area (Å²) in [7, 11) is 0. The van der Waals surface area contributed by atoms with Gasteiger partial charge in [0.1, 0.15) is 6.20 Å². The van der Waals surface area contributed by atoms with Crippen LogP contribution < -0.4 is 15.8 Å². The van der Waals surface area contributed by atoms with Gasteiger partial charge in [-0.2, -0.15) is 0 Å². The number of rotatable bonds is 3. The van der Waals surface area contributed by atoms with Crippen molar-refractivity contribution in [1.82, 2.24) is 20.5 Å². The molecule has 1 saturated carbocycles. The Hall–Kier alpha value is -1.43. The van der Waals surface area contributed by atoms with Crippen LogP contribution >= 0.6 is 0 Å². The molecule has 3 rings (SSSR count). The van der Waals surface area contributed by atoms with Gasteiger partial charge in [-0.3, -0.25) is 9.78 Å². The highest BCUT2D eigenvalue weighted by Crippen LogP contribution is 2.22. The zero-order chi connectivity index (χ0) is 11.7. The zero-order valence-corrected chi connectivity index (χ0v) is 9.72. The van der Waals surface area contributed by atoms with Crippen molar-refractivity contribution in [3.8, 4) is 0 Å². The Labute approximate surface area is 99.4 Å². The van der Waals surface area contributed by atoms with Crippen LogP contribution in [0.4, 0.5) is 5.95 Å². The number of hydrogen-bond acceptors (Lipinski definition) is 5. The molecular weight excluding hydrogens is 218 g/mol. The number of hydrogen-bond donors (Lipinski definition) is 2. The predicted molar refractivity (Wildman–Crippen MR) is 64.0 cm³/mol. The third-order valence-corrected chi connectivity index (χ3v) is 3.33. The molecule has 6 heteroatoms. The van der Waals surface area contributed by atoms with Crippen molar-refractivity contribution < 1.29 is 0 Å². The first-order valence-electron chi connectivity index (χ1n) is 6.24. The Bertz CT molecular complexity index is 441. The molecule has 0 spiro atoms. The number of nitrogens with zero attached hydrogens (tertiary/aromatic N) is 3. The van der Waals surface area contributed by atoms with Crippen LogP contribution in [-0.2, 0) is 0 Å². The fourth-order valence-electron chi connectivity index (χ4n) is 2.33. The molecule has 0 radical (unpaired) electrons. The largest absolute Gasteiger partial charge is 0.339 e. The van der Waals surface area contributed by atoms with E-state index in [4.69, 9.17) is 0 Å². The van der Waals surface area contributed by atoms with Crippen molar-refractivity contribution in [1.29, 1.82) is 0 Å². The first-order valence-corrected chi connectivity index (χ1v) is 6.24. The number of anilines is 1. The Morgan fingerprint density at radius 2 is 2.24 bits per heavy atom. The first-order chi connectivity index (χ1) is 8.31. The summed E-state index contributed by atoms with van der Waals surface area (Å²) in [5, 5.41) is 11.3. The fraction of sp³-hybridized carbons (Fsp3) is 0.727. The van der Waals surface area contributed by atoms with Gasteiger partial charge >= 0.3 is 0 Å². The monoisotopic (exact) mass is 235 g/mol. The number of H-pyrrole nitrogens is 1. The van der Waals surface area contributed by atoms with E-state index in [9.17, 15) is 4.79 Å². The molecule has 0 aromatic carbocycles. The average molecular weight is 235 g/mol. The van der Waals surface area contributed by atoms with Crippen LogP contribution in [0.2, 0.25) is 0 Å². The molecule has 17 heavy (non-hydrogen) atoms. The van der Waals surface area contributed by atoms with Crippen molar-refractivity contribution >= 4 is 5.95 Å². The predicted octanol–water partition coefficient (Wildman–Crippen LogP) is -0.114. The van der Waals surface area contributed by atoms with E-state index in [-0.39, 0.29) is 5.56 Å². The number of nitrogens with one attached hydrogen (secondary N) is 2. The molecule has 92 valence electrons. The first kappa shape index (κ1) is 10.7. The zero-order valence-electron chi connectivity index (χ0n) is 9.72. The maximum Gasteiger partial charge on any atom is 0.271 e. The van der Waals surface area contributed by atoms with E-state index < -0.39 is 0 Å². The quantitative estimate of drug-likeness (QED) is 0.764. The molecule has 0 unspecified atom stereocenters.